The van der Waals surface area contributed by atoms with E-state index in [1.165, 1.54) is 0 Å². The van der Waals surface area contributed by atoms with Gasteiger partial charge in [0.1, 0.15) is 0 Å². The SMILES string of the molecule is CC[C@H]1[C@@H](O)[C@@H]2[C@H](CC[C@]3(C)[C@@H](CCCOC(=O)NS(=O)(=O)Cc4ccccc4)CC[C@@H]23)[C@@]2(C)CC[C@@H](O)C[C@@H]12. The molecular weight excluding hydrogens is 526 g/mol. The first-order valence-electron chi connectivity index (χ1n) is 15.6. The second-order valence-electron chi connectivity index (χ2n) is 13.8. The number of hydrogen-bond donors (Lipinski definition) is 3. The molecule has 0 unspecified atom stereocenters. The van der Waals surface area contributed by atoms with Crippen LogP contribution in [0.1, 0.15) is 90.5 Å². The minimum absolute atomic E-state index is 0.166. The smallest absolute Gasteiger partial charge is 0.420 e. The van der Waals surface area contributed by atoms with Gasteiger partial charge < -0.3 is 14.9 Å². The van der Waals surface area contributed by atoms with Gasteiger partial charge in [0.15, 0.2) is 0 Å². The van der Waals surface area contributed by atoms with Crippen molar-refractivity contribution >= 4 is 16.1 Å². The van der Waals surface area contributed by atoms with Gasteiger partial charge >= 0.3 is 6.09 Å². The number of aliphatic hydroxyl groups excluding tert-OH is 2. The number of sulfonamides is 1. The molecular formula is C32H49NO6S. The summed E-state index contributed by atoms with van der Waals surface area (Å²) >= 11 is 0. The Bertz CT molecular complexity index is 1140. The molecule has 4 saturated carbocycles. The second kappa shape index (κ2) is 11.6. The number of ether oxygens (including phenoxy) is 1. The van der Waals surface area contributed by atoms with Crippen LogP contribution in [-0.4, -0.2) is 43.5 Å². The zero-order valence-electron chi connectivity index (χ0n) is 24.4. The summed E-state index contributed by atoms with van der Waals surface area (Å²) in [5, 5.41) is 22.3. The van der Waals surface area contributed by atoms with E-state index in [2.05, 4.69) is 20.8 Å². The molecule has 0 aliphatic heterocycles. The van der Waals surface area contributed by atoms with Gasteiger partial charge in [-0.15, -0.1) is 0 Å². The van der Waals surface area contributed by atoms with Crippen LogP contribution in [0.3, 0.4) is 0 Å². The maximum absolute atomic E-state index is 12.3. The molecule has 10 atom stereocenters. The fourth-order valence-corrected chi connectivity index (χ4v) is 11.0. The number of rotatable bonds is 8. The summed E-state index contributed by atoms with van der Waals surface area (Å²) in [5.74, 6) is 2.24. The lowest BCUT2D eigenvalue weighted by molar-refractivity contribution is -0.202. The summed E-state index contributed by atoms with van der Waals surface area (Å²) in [7, 11) is -3.81. The van der Waals surface area contributed by atoms with Crippen molar-refractivity contribution in [1.29, 1.82) is 0 Å². The van der Waals surface area contributed by atoms with Crippen LogP contribution in [0.15, 0.2) is 30.3 Å². The van der Waals surface area contributed by atoms with Gasteiger partial charge in [-0.2, -0.15) is 0 Å². The Morgan fingerprint density at radius 2 is 1.70 bits per heavy atom. The number of fused-ring (bicyclic) bond motifs is 5. The quantitative estimate of drug-likeness (QED) is 0.345. The molecule has 0 heterocycles. The normalized spacial score (nSPS) is 40.9. The molecule has 1 aromatic carbocycles. The molecule has 40 heavy (non-hydrogen) atoms. The Morgan fingerprint density at radius 3 is 2.42 bits per heavy atom. The summed E-state index contributed by atoms with van der Waals surface area (Å²) in [4.78, 5) is 12.2. The van der Waals surface area contributed by atoms with Crippen LogP contribution in [0.2, 0.25) is 0 Å². The molecule has 1 amide bonds. The molecule has 8 heteroatoms. The van der Waals surface area contributed by atoms with Crippen LogP contribution in [-0.2, 0) is 20.5 Å². The first kappa shape index (κ1) is 29.8. The number of carbonyl (C=O) groups excluding carboxylic acids is 1. The minimum atomic E-state index is -3.81. The number of amides is 1. The first-order chi connectivity index (χ1) is 19.0. The highest BCUT2D eigenvalue weighted by Crippen LogP contribution is 2.69. The van der Waals surface area contributed by atoms with E-state index < -0.39 is 16.1 Å². The maximum Gasteiger partial charge on any atom is 0.420 e. The Balaban J connectivity index is 1.16. The summed E-state index contributed by atoms with van der Waals surface area (Å²) < 4.78 is 31.9. The fourth-order valence-electron chi connectivity index (χ4n) is 10.0. The molecule has 0 bridgehead atoms. The molecule has 5 rings (SSSR count). The molecule has 4 aliphatic rings. The Labute approximate surface area is 240 Å². The van der Waals surface area contributed by atoms with Crippen LogP contribution in [0.25, 0.3) is 0 Å². The van der Waals surface area contributed by atoms with E-state index in [4.69, 9.17) is 4.74 Å². The molecule has 224 valence electrons. The third kappa shape index (κ3) is 5.57. The van der Waals surface area contributed by atoms with E-state index in [1.54, 1.807) is 24.3 Å². The van der Waals surface area contributed by atoms with Crippen molar-refractivity contribution in [3.8, 4) is 0 Å². The first-order valence-corrected chi connectivity index (χ1v) is 17.2. The van der Waals surface area contributed by atoms with Crippen LogP contribution in [0, 0.1) is 46.3 Å². The molecule has 3 N–H and O–H groups in total. The van der Waals surface area contributed by atoms with Crippen LogP contribution >= 0.6 is 0 Å². The number of aliphatic hydroxyl groups is 2. The molecule has 4 aliphatic carbocycles. The summed E-state index contributed by atoms with van der Waals surface area (Å²) in [6.07, 6.45) is 8.52. The lowest BCUT2D eigenvalue weighted by Gasteiger charge is -2.64. The van der Waals surface area contributed by atoms with Crippen molar-refractivity contribution in [3.05, 3.63) is 35.9 Å². The van der Waals surface area contributed by atoms with Gasteiger partial charge in [-0.05, 0) is 110 Å². The molecule has 0 saturated heterocycles. The van der Waals surface area contributed by atoms with Crippen molar-refractivity contribution < 1.29 is 28.2 Å². The molecule has 0 radical (unpaired) electrons. The number of carbonyl (C=O) groups is 1. The topological polar surface area (TPSA) is 113 Å². The predicted molar refractivity (Wildman–Crippen MR) is 155 cm³/mol. The second-order valence-corrected chi connectivity index (χ2v) is 15.6. The van der Waals surface area contributed by atoms with Crippen molar-refractivity contribution in [1.82, 2.24) is 4.72 Å². The van der Waals surface area contributed by atoms with E-state index in [0.29, 0.717) is 41.6 Å². The largest absolute Gasteiger partial charge is 0.449 e. The van der Waals surface area contributed by atoms with Gasteiger partial charge in [0, 0.05) is 0 Å². The van der Waals surface area contributed by atoms with E-state index in [9.17, 15) is 23.4 Å². The Kier molecular flexibility index (Phi) is 8.62. The molecule has 7 nitrogen and oxygen atoms in total. The third-order valence-electron chi connectivity index (χ3n) is 12.0. The molecule has 4 fully saturated rings. The van der Waals surface area contributed by atoms with E-state index >= 15 is 0 Å². The minimum Gasteiger partial charge on any atom is -0.449 e. The van der Waals surface area contributed by atoms with Gasteiger partial charge in [0.2, 0.25) is 10.0 Å². The summed E-state index contributed by atoms with van der Waals surface area (Å²) in [6, 6.07) is 8.76. The highest BCUT2D eigenvalue weighted by atomic mass is 32.2. The maximum atomic E-state index is 12.3. The van der Waals surface area contributed by atoms with Gasteiger partial charge in [-0.3, -0.25) is 0 Å². The van der Waals surface area contributed by atoms with Gasteiger partial charge in [-0.25, -0.2) is 17.9 Å². The van der Waals surface area contributed by atoms with Crippen molar-refractivity contribution in [3.63, 3.8) is 0 Å². The zero-order chi connectivity index (χ0) is 28.7. The Morgan fingerprint density at radius 1 is 1.00 bits per heavy atom. The van der Waals surface area contributed by atoms with Crippen LogP contribution in [0.5, 0.6) is 0 Å². The number of benzene rings is 1. The predicted octanol–water partition coefficient (Wildman–Crippen LogP) is 5.65. The monoisotopic (exact) mass is 575 g/mol. The van der Waals surface area contributed by atoms with E-state index in [0.717, 1.165) is 57.8 Å². The summed E-state index contributed by atoms with van der Waals surface area (Å²) in [5.41, 5.74) is 0.977. The number of hydrogen-bond acceptors (Lipinski definition) is 6. The van der Waals surface area contributed by atoms with Gasteiger partial charge in [0.05, 0.1) is 24.6 Å². The van der Waals surface area contributed by atoms with Crippen molar-refractivity contribution in [2.24, 2.45) is 46.3 Å². The average Bonchev–Trinajstić information content (AvgIpc) is 3.24. The van der Waals surface area contributed by atoms with Crippen LogP contribution in [0.4, 0.5) is 4.79 Å². The average molecular weight is 576 g/mol. The van der Waals surface area contributed by atoms with E-state index in [-0.39, 0.29) is 41.3 Å². The van der Waals surface area contributed by atoms with Crippen molar-refractivity contribution in [2.45, 2.75) is 103 Å². The zero-order valence-corrected chi connectivity index (χ0v) is 25.2. The van der Waals surface area contributed by atoms with Gasteiger partial charge in [-0.1, -0.05) is 57.5 Å². The molecule has 1 aromatic rings. The highest BCUT2D eigenvalue weighted by molar-refractivity contribution is 7.89. The lowest BCUT2D eigenvalue weighted by atomic mass is 9.41. The van der Waals surface area contributed by atoms with Crippen molar-refractivity contribution in [2.75, 3.05) is 6.61 Å². The van der Waals surface area contributed by atoms with Gasteiger partial charge in [0.25, 0.3) is 0 Å². The third-order valence-corrected chi connectivity index (χ3v) is 13.1. The fraction of sp³-hybridized carbons (Fsp3) is 0.781. The van der Waals surface area contributed by atoms with Crippen LogP contribution < -0.4 is 4.72 Å². The molecule has 0 spiro atoms. The highest BCUT2D eigenvalue weighted by Gasteiger charge is 2.64. The number of nitrogens with one attached hydrogen (secondary N) is 1. The molecule has 0 aromatic heterocycles. The lowest BCUT2D eigenvalue weighted by Crippen LogP contribution is -2.62. The summed E-state index contributed by atoms with van der Waals surface area (Å²) in [6.45, 7) is 7.30. The Hall–Kier alpha value is -1.64. The van der Waals surface area contributed by atoms with E-state index in [1.807, 2.05) is 10.8 Å². The standard InChI is InChI=1S/C32H49NO6S/c1-4-24-27-19-23(34)14-16-32(27,3)26-15-17-31(2)22(12-13-25(31)28(26)29(24)35)11-8-18-39-30(36)33-40(37,38)20-21-9-6-5-7-10-21/h5-7,9-10,22-29,34-35H,4,8,11-20H2,1-3H3,(H,33,36)/t22-,23+,24+,25-,26-,27-,28-,29+,31+,32+/m0/s1.